The van der Waals surface area contributed by atoms with E-state index in [1.165, 1.54) is 37.3 Å². The third-order valence-corrected chi connectivity index (χ3v) is 6.54. The molecule has 0 saturated heterocycles. The van der Waals surface area contributed by atoms with Crippen molar-refractivity contribution >= 4 is 38.3 Å². The molecule has 0 atom stereocenters. The number of aryl methyl sites for hydroxylation is 1. The lowest BCUT2D eigenvalue weighted by atomic mass is 10.0. The molecule has 0 radical (unpaired) electrons. The number of hydrogen-bond donors (Lipinski definition) is 3. The number of benzene rings is 3. The SMILES string of the molecule is Cc1cc2[nH]c(=O)c(=O)[nH]c2cc1S(=O)(=O)Nc1ccc(-c2cc(F)cc(F)c2)c(Cl)c1. The Morgan fingerprint density at radius 2 is 1.47 bits per heavy atom. The number of anilines is 1. The zero-order chi connectivity index (χ0) is 23.2. The van der Waals surface area contributed by atoms with Gasteiger partial charge in [-0.05, 0) is 54.4 Å². The van der Waals surface area contributed by atoms with Crippen molar-refractivity contribution in [1.29, 1.82) is 0 Å². The lowest BCUT2D eigenvalue weighted by Gasteiger charge is -2.13. The van der Waals surface area contributed by atoms with Gasteiger partial charge in [-0.2, -0.15) is 0 Å². The third kappa shape index (κ3) is 4.14. The number of hydrogen-bond acceptors (Lipinski definition) is 4. The average molecular weight is 478 g/mol. The molecule has 1 aromatic heterocycles. The third-order valence-electron chi connectivity index (χ3n) is 4.70. The molecule has 32 heavy (non-hydrogen) atoms. The Bertz CT molecular complexity index is 1590. The van der Waals surface area contributed by atoms with E-state index in [1.807, 2.05) is 0 Å². The number of halogens is 3. The highest BCUT2D eigenvalue weighted by Gasteiger charge is 2.19. The van der Waals surface area contributed by atoms with Crippen LogP contribution in [0.2, 0.25) is 5.02 Å². The molecule has 164 valence electrons. The summed E-state index contributed by atoms with van der Waals surface area (Å²) in [5.74, 6) is -1.54. The Morgan fingerprint density at radius 3 is 2.06 bits per heavy atom. The highest BCUT2D eigenvalue weighted by molar-refractivity contribution is 7.92. The topological polar surface area (TPSA) is 112 Å². The monoisotopic (exact) mass is 477 g/mol. The molecule has 11 heteroatoms. The van der Waals surface area contributed by atoms with Gasteiger partial charge >= 0.3 is 11.1 Å². The Labute approximate surface area is 184 Å². The molecular weight excluding hydrogens is 464 g/mol. The number of aromatic amines is 2. The zero-order valence-electron chi connectivity index (χ0n) is 16.3. The fourth-order valence-corrected chi connectivity index (χ4v) is 4.87. The number of fused-ring (bicyclic) bond motifs is 1. The van der Waals surface area contributed by atoms with Crippen molar-refractivity contribution in [3.63, 3.8) is 0 Å². The molecule has 7 nitrogen and oxygen atoms in total. The Balaban J connectivity index is 1.71. The van der Waals surface area contributed by atoms with Crippen LogP contribution in [0.25, 0.3) is 22.2 Å². The number of aromatic nitrogens is 2. The molecule has 0 amide bonds. The van der Waals surface area contributed by atoms with Crippen LogP contribution >= 0.6 is 11.6 Å². The van der Waals surface area contributed by atoms with Gasteiger partial charge in [-0.1, -0.05) is 17.7 Å². The van der Waals surface area contributed by atoms with Gasteiger partial charge in [0.2, 0.25) is 0 Å². The Kier molecular flexibility index (Phi) is 5.35. The predicted octanol–water partition coefficient (Wildman–Crippen LogP) is 3.92. The van der Waals surface area contributed by atoms with Gasteiger partial charge in [-0.15, -0.1) is 0 Å². The molecule has 3 N–H and O–H groups in total. The highest BCUT2D eigenvalue weighted by atomic mass is 35.5. The summed E-state index contributed by atoms with van der Waals surface area (Å²) in [6.07, 6.45) is 0. The van der Waals surface area contributed by atoms with Gasteiger partial charge in [0.1, 0.15) is 11.6 Å². The van der Waals surface area contributed by atoms with Crippen LogP contribution in [0.5, 0.6) is 0 Å². The smallest absolute Gasteiger partial charge is 0.314 e. The first-order valence-corrected chi connectivity index (χ1v) is 11.0. The summed E-state index contributed by atoms with van der Waals surface area (Å²) in [6, 6.07) is 9.75. The van der Waals surface area contributed by atoms with Crippen LogP contribution in [0, 0.1) is 18.6 Å². The van der Waals surface area contributed by atoms with Crippen LogP contribution in [0.15, 0.2) is 63.0 Å². The van der Waals surface area contributed by atoms with Crippen molar-refractivity contribution in [3.8, 4) is 11.1 Å². The summed E-state index contributed by atoms with van der Waals surface area (Å²) in [6.45, 7) is 1.53. The first kappa shape index (κ1) is 21.7. The summed E-state index contributed by atoms with van der Waals surface area (Å²) in [5, 5.41) is 0.0762. The van der Waals surface area contributed by atoms with Crippen LogP contribution in [0.3, 0.4) is 0 Å². The average Bonchev–Trinajstić information content (AvgIpc) is 2.67. The fraction of sp³-hybridized carbons (Fsp3) is 0.0476. The van der Waals surface area contributed by atoms with Crippen molar-refractivity contribution in [3.05, 3.63) is 91.5 Å². The quantitative estimate of drug-likeness (QED) is 0.387. The van der Waals surface area contributed by atoms with Crippen molar-refractivity contribution in [2.75, 3.05) is 4.72 Å². The Hall–Kier alpha value is -3.50. The van der Waals surface area contributed by atoms with Crippen LogP contribution in [-0.2, 0) is 10.0 Å². The van der Waals surface area contributed by atoms with Crippen molar-refractivity contribution in [1.82, 2.24) is 9.97 Å². The summed E-state index contributed by atoms with van der Waals surface area (Å²) in [5.41, 5.74) is -0.382. The maximum atomic E-state index is 13.5. The maximum absolute atomic E-state index is 13.5. The number of rotatable bonds is 4. The van der Waals surface area contributed by atoms with E-state index < -0.39 is 32.8 Å². The Morgan fingerprint density at radius 1 is 0.875 bits per heavy atom. The van der Waals surface area contributed by atoms with Gasteiger partial charge < -0.3 is 9.97 Å². The lowest BCUT2D eigenvalue weighted by molar-refractivity contribution is 0.584. The van der Waals surface area contributed by atoms with E-state index in [0.29, 0.717) is 11.1 Å². The molecule has 0 fully saturated rings. The second-order valence-electron chi connectivity index (χ2n) is 7.03. The van der Waals surface area contributed by atoms with Crippen LogP contribution in [0.1, 0.15) is 5.56 Å². The number of sulfonamides is 1. The van der Waals surface area contributed by atoms with Gasteiger partial charge in [0, 0.05) is 11.6 Å². The van der Waals surface area contributed by atoms with Gasteiger partial charge in [0.05, 0.1) is 26.6 Å². The van der Waals surface area contributed by atoms with Crippen LogP contribution in [0.4, 0.5) is 14.5 Å². The highest BCUT2D eigenvalue weighted by Crippen LogP contribution is 2.32. The molecule has 4 aromatic rings. The van der Waals surface area contributed by atoms with E-state index >= 15 is 0 Å². The molecule has 3 aromatic carbocycles. The zero-order valence-corrected chi connectivity index (χ0v) is 17.9. The summed E-state index contributed by atoms with van der Waals surface area (Å²) < 4.78 is 55.3. The standard InChI is InChI=1S/C21H14ClF2N3O4S/c1-10-4-17-18(26-21(29)20(28)25-17)9-19(10)32(30,31)27-14-2-3-15(16(22)8-14)11-5-12(23)7-13(24)6-11/h2-9,27H,1H3,(H,25,28)(H,26,29). The normalized spacial score (nSPS) is 11.6. The minimum Gasteiger partial charge on any atom is -0.316 e. The molecule has 1 heterocycles. The molecule has 0 aliphatic rings. The molecule has 0 aliphatic heterocycles. The van der Waals surface area contributed by atoms with E-state index in [9.17, 15) is 26.8 Å². The van der Waals surface area contributed by atoms with Gasteiger partial charge in [-0.25, -0.2) is 17.2 Å². The van der Waals surface area contributed by atoms with Crippen LogP contribution in [-0.4, -0.2) is 18.4 Å². The first-order chi connectivity index (χ1) is 15.0. The second kappa shape index (κ2) is 7.88. The van der Waals surface area contributed by atoms with Crippen molar-refractivity contribution in [2.24, 2.45) is 0 Å². The summed E-state index contributed by atoms with van der Waals surface area (Å²) in [4.78, 5) is 27.6. The van der Waals surface area contributed by atoms with E-state index in [-0.39, 0.29) is 32.2 Å². The lowest BCUT2D eigenvalue weighted by Crippen LogP contribution is -2.29. The fourth-order valence-electron chi connectivity index (χ4n) is 3.27. The van der Waals surface area contributed by atoms with Crippen molar-refractivity contribution < 1.29 is 17.2 Å². The minimum absolute atomic E-state index is 0.0762. The molecule has 0 spiro atoms. The van der Waals surface area contributed by atoms with E-state index in [1.54, 1.807) is 0 Å². The van der Waals surface area contributed by atoms with Crippen molar-refractivity contribution in [2.45, 2.75) is 11.8 Å². The van der Waals surface area contributed by atoms with E-state index in [0.717, 1.165) is 18.2 Å². The molecule has 0 aliphatic carbocycles. The largest absolute Gasteiger partial charge is 0.316 e. The van der Waals surface area contributed by atoms with Gasteiger partial charge in [0.25, 0.3) is 10.0 Å². The van der Waals surface area contributed by atoms with Gasteiger partial charge in [-0.3, -0.25) is 14.3 Å². The summed E-state index contributed by atoms with van der Waals surface area (Å²) in [7, 11) is -4.11. The minimum atomic E-state index is -4.11. The van der Waals surface area contributed by atoms with Crippen LogP contribution < -0.4 is 15.8 Å². The predicted molar refractivity (Wildman–Crippen MR) is 118 cm³/mol. The second-order valence-corrected chi connectivity index (χ2v) is 9.09. The number of H-pyrrole nitrogens is 2. The number of nitrogens with one attached hydrogen (secondary N) is 3. The van der Waals surface area contributed by atoms with Gasteiger partial charge in [0.15, 0.2) is 0 Å². The molecule has 0 saturated carbocycles. The van der Waals surface area contributed by atoms with E-state index in [4.69, 9.17) is 11.6 Å². The molecule has 4 rings (SSSR count). The molecule has 0 bridgehead atoms. The maximum Gasteiger partial charge on any atom is 0.314 e. The molecule has 0 unspecified atom stereocenters. The first-order valence-electron chi connectivity index (χ1n) is 9.09. The van der Waals surface area contributed by atoms with E-state index in [2.05, 4.69) is 14.7 Å². The molecular formula is C21H14ClF2N3O4S. The summed E-state index contributed by atoms with van der Waals surface area (Å²) >= 11 is 6.23.